The maximum atomic E-state index is 12.5. The smallest absolute Gasteiger partial charge is 0.238 e. The third-order valence-electron chi connectivity index (χ3n) is 5.21. The lowest BCUT2D eigenvalue weighted by Gasteiger charge is -2.30. The molecule has 1 amide bonds. The Balaban J connectivity index is 1.73. The molecule has 3 N–H and O–H groups in total. The summed E-state index contributed by atoms with van der Waals surface area (Å²) in [5.74, 6) is 1.26. The van der Waals surface area contributed by atoms with Crippen LogP contribution in [-0.4, -0.2) is 44.9 Å². The number of nitrogens with two attached hydrogens (primary N) is 1. The first-order valence-electron chi connectivity index (χ1n) is 10.4. The first kappa shape index (κ1) is 21.5. The Morgan fingerprint density at radius 3 is 2.53 bits per heavy atom. The van der Waals surface area contributed by atoms with Crippen LogP contribution in [-0.2, 0) is 4.79 Å². The molecule has 0 aliphatic heterocycles. The largest absolute Gasteiger partial charge is 0.457 e. The van der Waals surface area contributed by atoms with Gasteiger partial charge in [-0.3, -0.25) is 4.79 Å². The summed E-state index contributed by atoms with van der Waals surface area (Å²) in [5, 5.41) is 12.2. The van der Waals surface area contributed by atoms with Crippen molar-refractivity contribution in [2.75, 3.05) is 18.2 Å². The highest BCUT2D eigenvalue weighted by molar-refractivity contribution is 5.96. The van der Waals surface area contributed by atoms with Gasteiger partial charge in [-0.15, -0.1) is 0 Å². The summed E-state index contributed by atoms with van der Waals surface area (Å²) >= 11 is 0. The van der Waals surface area contributed by atoms with Crippen molar-refractivity contribution >= 4 is 16.9 Å². The number of aromatic nitrogens is 3. The fourth-order valence-corrected chi connectivity index (χ4v) is 3.74. The normalized spacial score (nSPS) is 12.0. The van der Waals surface area contributed by atoms with E-state index in [0.29, 0.717) is 24.4 Å². The monoisotopic (exact) mass is 431 g/mol. The quantitative estimate of drug-likeness (QED) is 0.444. The molecule has 1 unspecified atom stereocenters. The number of carbonyl (C=O) groups is 1. The minimum Gasteiger partial charge on any atom is -0.457 e. The van der Waals surface area contributed by atoms with Crippen LogP contribution in [0.1, 0.15) is 13.3 Å². The van der Waals surface area contributed by atoms with Crippen LogP contribution < -0.4 is 15.5 Å². The highest BCUT2D eigenvalue weighted by Gasteiger charge is 2.25. The van der Waals surface area contributed by atoms with Crippen LogP contribution in [0.2, 0.25) is 0 Å². The van der Waals surface area contributed by atoms with Gasteiger partial charge in [-0.2, -0.15) is 0 Å². The molecule has 0 radical (unpaired) electrons. The Labute approximate surface area is 185 Å². The van der Waals surface area contributed by atoms with E-state index < -0.39 is 6.04 Å². The average molecular weight is 431 g/mol. The van der Waals surface area contributed by atoms with Crippen LogP contribution >= 0.6 is 0 Å². The van der Waals surface area contributed by atoms with Crippen LogP contribution in [0.5, 0.6) is 11.5 Å². The number of aliphatic hydroxyl groups is 1. The maximum absolute atomic E-state index is 12.5. The molecule has 0 fully saturated rings. The van der Waals surface area contributed by atoms with Gasteiger partial charge in [0, 0.05) is 30.3 Å². The van der Waals surface area contributed by atoms with E-state index >= 15 is 0 Å². The number of amides is 1. The SMILES string of the molecule is CC(=O)N(C(CO)CCN)n1cc(-c2ccc(Oc3ccccc3)cc2)c2cncnc21. The molecule has 0 bridgehead atoms. The van der Waals surface area contributed by atoms with Crippen LogP contribution in [0, 0.1) is 0 Å². The second-order valence-electron chi connectivity index (χ2n) is 7.36. The van der Waals surface area contributed by atoms with Crippen molar-refractivity contribution in [3.63, 3.8) is 0 Å². The number of nitrogens with zero attached hydrogens (tertiary/aromatic N) is 4. The second-order valence-corrected chi connectivity index (χ2v) is 7.36. The summed E-state index contributed by atoms with van der Waals surface area (Å²) in [6.45, 7) is 1.60. The molecule has 0 saturated heterocycles. The summed E-state index contributed by atoms with van der Waals surface area (Å²) in [6, 6.07) is 16.8. The lowest BCUT2D eigenvalue weighted by atomic mass is 10.1. The van der Waals surface area contributed by atoms with E-state index in [9.17, 15) is 9.90 Å². The Morgan fingerprint density at radius 2 is 1.88 bits per heavy atom. The molecule has 164 valence electrons. The van der Waals surface area contributed by atoms with Gasteiger partial charge in [0.05, 0.1) is 12.6 Å². The zero-order valence-corrected chi connectivity index (χ0v) is 17.8. The molecule has 2 aromatic carbocycles. The van der Waals surface area contributed by atoms with Gasteiger partial charge in [-0.1, -0.05) is 30.3 Å². The molecule has 0 aliphatic carbocycles. The van der Waals surface area contributed by atoms with E-state index in [2.05, 4.69) is 9.97 Å². The highest BCUT2D eigenvalue weighted by Crippen LogP contribution is 2.32. The van der Waals surface area contributed by atoms with E-state index in [-0.39, 0.29) is 12.5 Å². The number of hydrogen-bond acceptors (Lipinski definition) is 6. The summed E-state index contributed by atoms with van der Waals surface area (Å²) in [5.41, 5.74) is 8.06. The molecule has 32 heavy (non-hydrogen) atoms. The van der Waals surface area contributed by atoms with Gasteiger partial charge >= 0.3 is 0 Å². The number of benzene rings is 2. The fourth-order valence-electron chi connectivity index (χ4n) is 3.74. The molecule has 8 nitrogen and oxygen atoms in total. The second kappa shape index (κ2) is 9.59. The Kier molecular flexibility index (Phi) is 6.44. The Hall–Kier alpha value is -3.75. The van der Waals surface area contributed by atoms with Crippen LogP contribution in [0.15, 0.2) is 73.3 Å². The lowest BCUT2D eigenvalue weighted by Crippen LogP contribution is -2.49. The number of fused-ring (bicyclic) bond motifs is 1. The molecular formula is C24H25N5O3. The number of rotatable bonds is 8. The summed E-state index contributed by atoms with van der Waals surface area (Å²) in [6.07, 6.45) is 5.46. The minimum absolute atomic E-state index is 0.206. The third kappa shape index (κ3) is 4.32. The fraction of sp³-hybridized carbons (Fsp3) is 0.208. The van der Waals surface area contributed by atoms with Gasteiger partial charge in [0.1, 0.15) is 17.8 Å². The standard InChI is InChI=1S/C24H25N5O3/c1-17(31)29(19(15-30)11-12-25)28-14-23(22-13-26-16-27-24(22)28)18-7-9-21(10-8-18)32-20-5-3-2-4-6-20/h2-10,13-14,16,19,30H,11-12,15,25H2,1H3. The molecule has 0 saturated carbocycles. The highest BCUT2D eigenvalue weighted by atomic mass is 16.5. The Morgan fingerprint density at radius 1 is 1.16 bits per heavy atom. The first-order valence-corrected chi connectivity index (χ1v) is 10.4. The van der Waals surface area contributed by atoms with Crippen molar-refractivity contribution in [3.05, 3.63) is 73.3 Å². The van der Waals surface area contributed by atoms with Gasteiger partial charge in [0.25, 0.3) is 0 Å². The van der Waals surface area contributed by atoms with Crippen molar-refractivity contribution in [2.45, 2.75) is 19.4 Å². The maximum Gasteiger partial charge on any atom is 0.238 e. The van der Waals surface area contributed by atoms with Gasteiger partial charge in [0.15, 0.2) is 5.65 Å². The first-order chi connectivity index (χ1) is 15.6. The molecule has 1 atom stereocenters. The van der Waals surface area contributed by atoms with Crippen LogP contribution in [0.4, 0.5) is 0 Å². The summed E-state index contributed by atoms with van der Waals surface area (Å²) in [4.78, 5) is 21.1. The van der Waals surface area contributed by atoms with E-state index in [1.807, 2.05) is 60.8 Å². The molecule has 2 aromatic heterocycles. The molecule has 2 heterocycles. The van der Waals surface area contributed by atoms with Gasteiger partial charge in [0.2, 0.25) is 5.91 Å². The average Bonchev–Trinajstić information content (AvgIpc) is 3.19. The summed E-state index contributed by atoms with van der Waals surface area (Å²) < 4.78 is 7.56. The molecule has 8 heteroatoms. The van der Waals surface area contributed by atoms with Gasteiger partial charge < -0.3 is 15.6 Å². The van der Waals surface area contributed by atoms with E-state index in [1.165, 1.54) is 18.3 Å². The van der Waals surface area contributed by atoms with Crippen molar-refractivity contribution < 1.29 is 14.6 Å². The van der Waals surface area contributed by atoms with Crippen molar-refractivity contribution in [3.8, 4) is 22.6 Å². The number of ether oxygens (including phenoxy) is 1. The number of carbonyl (C=O) groups excluding carboxylic acids is 1. The van der Waals surface area contributed by atoms with E-state index in [4.69, 9.17) is 10.5 Å². The molecular weight excluding hydrogens is 406 g/mol. The molecule has 4 rings (SSSR count). The summed E-state index contributed by atoms with van der Waals surface area (Å²) in [7, 11) is 0. The Bertz CT molecular complexity index is 1190. The zero-order chi connectivity index (χ0) is 22.5. The number of aliphatic hydroxyl groups excluding tert-OH is 1. The molecule has 0 aliphatic rings. The third-order valence-corrected chi connectivity index (χ3v) is 5.21. The van der Waals surface area contributed by atoms with Crippen molar-refractivity contribution in [2.24, 2.45) is 5.73 Å². The van der Waals surface area contributed by atoms with Gasteiger partial charge in [-0.25, -0.2) is 19.7 Å². The van der Waals surface area contributed by atoms with Crippen molar-refractivity contribution in [1.29, 1.82) is 0 Å². The van der Waals surface area contributed by atoms with E-state index in [0.717, 1.165) is 22.3 Å². The van der Waals surface area contributed by atoms with Crippen LogP contribution in [0.25, 0.3) is 22.2 Å². The number of hydrogen-bond donors (Lipinski definition) is 2. The molecule has 0 spiro atoms. The minimum atomic E-state index is -0.461. The predicted molar refractivity (Wildman–Crippen MR) is 123 cm³/mol. The van der Waals surface area contributed by atoms with E-state index in [1.54, 1.807) is 10.9 Å². The molecule has 4 aromatic rings. The van der Waals surface area contributed by atoms with Crippen molar-refractivity contribution in [1.82, 2.24) is 14.6 Å². The zero-order valence-electron chi connectivity index (χ0n) is 17.8. The van der Waals surface area contributed by atoms with Crippen LogP contribution in [0.3, 0.4) is 0 Å². The topological polar surface area (TPSA) is 107 Å². The number of para-hydroxylation sites is 1. The van der Waals surface area contributed by atoms with Gasteiger partial charge in [-0.05, 0) is 42.8 Å². The predicted octanol–water partition coefficient (Wildman–Crippen LogP) is 3.08. The lowest BCUT2D eigenvalue weighted by molar-refractivity contribution is -0.118.